The third kappa shape index (κ3) is 3.41. The number of piperazine rings is 1. The molecule has 0 bridgehead atoms. The molecule has 0 aliphatic carbocycles. The van der Waals surface area contributed by atoms with E-state index >= 15 is 0 Å². The second-order valence-corrected chi connectivity index (χ2v) is 6.86. The van der Waals surface area contributed by atoms with Crippen molar-refractivity contribution in [3.05, 3.63) is 60.3 Å². The van der Waals surface area contributed by atoms with Gasteiger partial charge < -0.3 is 9.64 Å². The molecule has 3 aromatic heterocycles. The van der Waals surface area contributed by atoms with Gasteiger partial charge in [-0.15, -0.1) is 0 Å². The summed E-state index contributed by atoms with van der Waals surface area (Å²) in [7, 11) is 1.38. The van der Waals surface area contributed by atoms with Crippen molar-refractivity contribution in [3.8, 4) is 0 Å². The first-order valence-corrected chi connectivity index (χ1v) is 9.40. The summed E-state index contributed by atoms with van der Waals surface area (Å²) in [4.78, 5) is 30.1. The van der Waals surface area contributed by atoms with Gasteiger partial charge >= 0.3 is 5.97 Å². The molecule has 3 aromatic rings. The van der Waals surface area contributed by atoms with Crippen LogP contribution in [-0.2, 0) is 4.74 Å². The Bertz CT molecular complexity index is 971. The first kappa shape index (κ1) is 18.3. The van der Waals surface area contributed by atoms with Crippen LogP contribution >= 0.6 is 0 Å². The average Bonchev–Trinajstić information content (AvgIpc) is 2.78. The van der Waals surface area contributed by atoms with Gasteiger partial charge in [-0.2, -0.15) is 0 Å². The summed E-state index contributed by atoms with van der Waals surface area (Å²) in [5.74, 6) is 0.477. The van der Waals surface area contributed by atoms with Crippen LogP contribution in [0.15, 0.2) is 49.1 Å². The fourth-order valence-electron chi connectivity index (χ4n) is 3.74. The van der Waals surface area contributed by atoms with Crippen molar-refractivity contribution < 1.29 is 9.53 Å². The molecule has 7 heteroatoms. The van der Waals surface area contributed by atoms with Gasteiger partial charge in [-0.05, 0) is 25.1 Å². The summed E-state index contributed by atoms with van der Waals surface area (Å²) < 4.78 is 4.89. The maximum Gasteiger partial charge on any atom is 0.340 e. The molecule has 144 valence electrons. The standard InChI is InChI=1S/C21H23N5O2/c1-15(19-5-3-4-7-23-19)25-9-11-26(12-10-25)20-17-13-22-14-18(21(27)28-2)16(17)6-8-24-20/h3-8,13-15H,9-12H2,1-2H3. The van der Waals surface area contributed by atoms with Crippen molar-refractivity contribution >= 4 is 22.6 Å². The summed E-state index contributed by atoms with van der Waals surface area (Å²) in [5.41, 5.74) is 1.55. The fourth-order valence-corrected chi connectivity index (χ4v) is 3.74. The van der Waals surface area contributed by atoms with Gasteiger partial charge in [0.15, 0.2) is 0 Å². The van der Waals surface area contributed by atoms with Gasteiger partial charge in [0, 0.05) is 67.8 Å². The SMILES string of the molecule is COC(=O)c1cncc2c(N3CCN(C(C)c4ccccn4)CC3)nccc12. The molecule has 4 heterocycles. The molecule has 1 aliphatic heterocycles. The number of aromatic nitrogens is 3. The van der Waals surface area contributed by atoms with Gasteiger partial charge in [0.05, 0.1) is 18.4 Å². The van der Waals surface area contributed by atoms with Crippen molar-refractivity contribution in [2.75, 3.05) is 38.2 Å². The second kappa shape index (κ2) is 7.90. The highest BCUT2D eigenvalue weighted by Gasteiger charge is 2.25. The van der Waals surface area contributed by atoms with E-state index in [-0.39, 0.29) is 12.0 Å². The number of fused-ring (bicyclic) bond motifs is 1. The van der Waals surface area contributed by atoms with Crippen molar-refractivity contribution in [2.45, 2.75) is 13.0 Å². The predicted octanol–water partition coefficient (Wildman–Crippen LogP) is 2.69. The van der Waals surface area contributed by atoms with E-state index in [2.05, 4.69) is 37.7 Å². The molecule has 1 unspecified atom stereocenters. The zero-order valence-corrected chi connectivity index (χ0v) is 16.1. The molecular formula is C21H23N5O2. The molecule has 7 nitrogen and oxygen atoms in total. The van der Waals surface area contributed by atoms with Gasteiger partial charge in [0.2, 0.25) is 0 Å². The molecule has 4 rings (SSSR count). The molecule has 0 spiro atoms. The van der Waals surface area contributed by atoms with Crippen LogP contribution in [0.4, 0.5) is 5.82 Å². The molecule has 1 aliphatic rings. The zero-order valence-electron chi connectivity index (χ0n) is 16.1. The van der Waals surface area contributed by atoms with E-state index in [0.717, 1.165) is 48.5 Å². The second-order valence-electron chi connectivity index (χ2n) is 6.86. The Morgan fingerprint density at radius 3 is 2.57 bits per heavy atom. The topological polar surface area (TPSA) is 71.5 Å². The number of carbonyl (C=O) groups is 1. The Balaban J connectivity index is 1.55. The van der Waals surface area contributed by atoms with Crippen molar-refractivity contribution in [1.82, 2.24) is 19.9 Å². The van der Waals surface area contributed by atoms with E-state index in [1.54, 1.807) is 18.6 Å². The highest BCUT2D eigenvalue weighted by molar-refractivity contribution is 6.06. The summed E-state index contributed by atoms with van der Waals surface area (Å²) in [6.07, 6.45) is 6.90. The van der Waals surface area contributed by atoms with E-state index in [9.17, 15) is 4.79 Å². The minimum Gasteiger partial charge on any atom is -0.465 e. The number of pyridine rings is 3. The first-order valence-electron chi connectivity index (χ1n) is 9.40. The number of methoxy groups -OCH3 is 1. The third-order valence-corrected chi connectivity index (χ3v) is 5.35. The Kier molecular flexibility index (Phi) is 5.16. The van der Waals surface area contributed by atoms with Crippen LogP contribution in [0.5, 0.6) is 0 Å². The van der Waals surface area contributed by atoms with E-state index in [1.165, 1.54) is 7.11 Å². The molecule has 1 fully saturated rings. The number of ether oxygens (including phenoxy) is 1. The molecule has 0 amide bonds. The number of carbonyl (C=O) groups excluding carboxylic acids is 1. The monoisotopic (exact) mass is 377 g/mol. The molecule has 0 N–H and O–H groups in total. The van der Waals surface area contributed by atoms with Crippen molar-refractivity contribution in [3.63, 3.8) is 0 Å². The number of hydrogen-bond donors (Lipinski definition) is 0. The lowest BCUT2D eigenvalue weighted by Crippen LogP contribution is -2.47. The quantitative estimate of drug-likeness (QED) is 0.647. The lowest BCUT2D eigenvalue weighted by Gasteiger charge is -2.38. The molecule has 0 aromatic carbocycles. The number of esters is 1. The normalized spacial score (nSPS) is 16.1. The number of nitrogens with zero attached hydrogens (tertiary/aromatic N) is 5. The summed E-state index contributed by atoms with van der Waals surface area (Å²) >= 11 is 0. The largest absolute Gasteiger partial charge is 0.465 e. The minimum absolute atomic E-state index is 0.274. The van der Waals surface area contributed by atoms with E-state index in [0.29, 0.717) is 5.56 Å². The smallest absolute Gasteiger partial charge is 0.340 e. The van der Waals surface area contributed by atoms with Gasteiger partial charge in [-0.1, -0.05) is 6.07 Å². The predicted molar refractivity (Wildman–Crippen MR) is 107 cm³/mol. The minimum atomic E-state index is -0.385. The van der Waals surface area contributed by atoms with Crippen LogP contribution in [0, 0.1) is 0 Å². The number of anilines is 1. The van der Waals surface area contributed by atoms with E-state index in [4.69, 9.17) is 4.74 Å². The zero-order chi connectivity index (χ0) is 19.5. The van der Waals surface area contributed by atoms with Crippen molar-refractivity contribution in [1.29, 1.82) is 0 Å². The van der Waals surface area contributed by atoms with Gasteiger partial charge in [-0.25, -0.2) is 9.78 Å². The average molecular weight is 377 g/mol. The third-order valence-electron chi connectivity index (χ3n) is 5.35. The lowest BCUT2D eigenvalue weighted by atomic mass is 10.1. The van der Waals surface area contributed by atoms with Crippen LogP contribution < -0.4 is 4.90 Å². The van der Waals surface area contributed by atoms with Crippen LogP contribution in [0.3, 0.4) is 0 Å². The molecular weight excluding hydrogens is 354 g/mol. The van der Waals surface area contributed by atoms with Gasteiger partial charge in [0.25, 0.3) is 0 Å². The number of hydrogen-bond acceptors (Lipinski definition) is 7. The molecule has 1 atom stereocenters. The van der Waals surface area contributed by atoms with Crippen molar-refractivity contribution in [2.24, 2.45) is 0 Å². The highest BCUT2D eigenvalue weighted by atomic mass is 16.5. The fraction of sp³-hybridized carbons (Fsp3) is 0.333. The van der Waals surface area contributed by atoms with Crippen LogP contribution in [0.1, 0.15) is 29.0 Å². The van der Waals surface area contributed by atoms with Gasteiger partial charge in [0.1, 0.15) is 5.82 Å². The lowest BCUT2D eigenvalue weighted by molar-refractivity contribution is 0.0602. The van der Waals surface area contributed by atoms with Crippen LogP contribution in [0.25, 0.3) is 10.8 Å². The Labute approximate surface area is 164 Å². The Hall–Kier alpha value is -3.06. The molecule has 1 saturated heterocycles. The maximum absolute atomic E-state index is 12.1. The maximum atomic E-state index is 12.1. The number of rotatable bonds is 4. The highest BCUT2D eigenvalue weighted by Crippen LogP contribution is 2.28. The summed E-state index contributed by atoms with van der Waals surface area (Å²) in [5, 5.41) is 1.69. The molecule has 28 heavy (non-hydrogen) atoms. The molecule has 0 radical (unpaired) electrons. The van der Waals surface area contributed by atoms with Crippen LogP contribution in [0.2, 0.25) is 0 Å². The first-order chi connectivity index (χ1) is 13.7. The van der Waals surface area contributed by atoms with E-state index in [1.807, 2.05) is 24.4 Å². The summed E-state index contributed by atoms with van der Waals surface area (Å²) in [6, 6.07) is 8.16. The van der Waals surface area contributed by atoms with Gasteiger partial charge in [-0.3, -0.25) is 14.9 Å². The molecule has 0 saturated carbocycles. The Morgan fingerprint density at radius 1 is 1.04 bits per heavy atom. The van der Waals surface area contributed by atoms with Crippen LogP contribution in [-0.4, -0.2) is 59.1 Å². The Morgan fingerprint density at radius 2 is 1.86 bits per heavy atom. The summed E-state index contributed by atoms with van der Waals surface area (Å²) in [6.45, 7) is 5.73. The van der Waals surface area contributed by atoms with E-state index < -0.39 is 0 Å².